The quantitative estimate of drug-likeness (QED) is 0.689. The van der Waals surface area contributed by atoms with E-state index in [1.54, 1.807) is 26.2 Å². The minimum atomic E-state index is -0.172. The molecule has 1 rings (SSSR count). The summed E-state index contributed by atoms with van der Waals surface area (Å²) in [5.41, 5.74) is 1.10. The number of pyridine rings is 1. The van der Waals surface area contributed by atoms with Gasteiger partial charge in [0.2, 0.25) is 0 Å². The van der Waals surface area contributed by atoms with Crippen molar-refractivity contribution < 1.29 is 4.79 Å². The first-order chi connectivity index (χ1) is 6.02. The van der Waals surface area contributed by atoms with Crippen LogP contribution >= 0.6 is 11.6 Å². The molecule has 0 saturated heterocycles. The van der Waals surface area contributed by atoms with Crippen molar-refractivity contribution in [3.05, 3.63) is 28.5 Å². The molecular formula is C9H11ClN2O. The summed E-state index contributed by atoms with van der Waals surface area (Å²) < 4.78 is 0. The van der Waals surface area contributed by atoms with Crippen LogP contribution in [0.15, 0.2) is 12.1 Å². The molecular weight excluding hydrogens is 188 g/mol. The molecule has 0 aliphatic heterocycles. The second-order valence-electron chi connectivity index (χ2n) is 2.98. The van der Waals surface area contributed by atoms with Crippen molar-refractivity contribution in [2.45, 2.75) is 6.92 Å². The molecule has 0 fully saturated rings. The van der Waals surface area contributed by atoms with Crippen molar-refractivity contribution in [2.75, 3.05) is 14.1 Å². The van der Waals surface area contributed by atoms with Crippen molar-refractivity contribution in [1.29, 1.82) is 0 Å². The van der Waals surface area contributed by atoms with E-state index < -0.39 is 0 Å². The first-order valence-electron chi connectivity index (χ1n) is 3.87. The predicted molar refractivity (Wildman–Crippen MR) is 52.0 cm³/mol. The summed E-state index contributed by atoms with van der Waals surface area (Å²) in [6, 6.07) is 3.45. The fourth-order valence-electron chi connectivity index (χ4n) is 0.902. The molecule has 0 aromatic carbocycles. The number of hydrogen-bond donors (Lipinski definition) is 0. The second-order valence-corrected chi connectivity index (χ2v) is 3.39. The third-order valence-electron chi connectivity index (χ3n) is 1.59. The van der Waals surface area contributed by atoms with Gasteiger partial charge in [0.1, 0.15) is 5.69 Å². The van der Waals surface area contributed by atoms with Crippen molar-refractivity contribution >= 4 is 17.5 Å². The second kappa shape index (κ2) is 3.75. The molecule has 1 amide bonds. The Morgan fingerprint density at radius 1 is 1.46 bits per heavy atom. The molecule has 0 unspecified atom stereocenters. The van der Waals surface area contributed by atoms with Crippen molar-refractivity contribution in [2.24, 2.45) is 0 Å². The van der Waals surface area contributed by atoms with Gasteiger partial charge in [-0.05, 0) is 19.1 Å². The van der Waals surface area contributed by atoms with E-state index in [0.717, 1.165) is 5.69 Å². The molecule has 0 atom stereocenters. The van der Waals surface area contributed by atoms with Crippen molar-refractivity contribution in [1.82, 2.24) is 9.88 Å². The number of nitrogens with zero attached hydrogens (tertiary/aromatic N) is 2. The average molecular weight is 199 g/mol. The van der Waals surface area contributed by atoms with Crippen LogP contribution in [-0.2, 0) is 0 Å². The highest BCUT2D eigenvalue weighted by molar-refractivity contribution is 6.33. The Morgan fingerprint density at radius 2 is 2.08 bits per heavy atom. The van der Waals surface area contributed by atoms with E-state index in [0.29, 0.717) is 10.7 Å². The lowest BCUT2D eigenvalue weighted by Crippen LogP contribution is -2.23. The van der Waals surface area contributed by atoms with E-state index in [1.807, 2.05) is 6.92 Å². The van der Waals surface area contributed by atoms with Gasteiger partial charge in [0.25, 0.3) is 5.91 Å². The predicted octanol–water partition coefficient (Wildman–Crippen LogP) is 1.75. The van der Waals surface area contributed by atoms with Crippen LogP contribution in [0.4, 0.5) is 0 Å². The van der Waals surface area contributed by atoms with Gasteiger partial charge in [-0.3, -0.25) is 4.79 Å². The van der Waals surface area contributed by atoms with Crippen molar-refractivity contribution in [3.63, 3.8) is 0 Å². The van der Waals surface area contributed by atoms with Gasteiger partial charge in [-0.25, -0.2) is 4.98 Å². The molecule has 70 valence electrons. The van der Waals surface area contributed by atoms with Gasteiger partial charge in [0, 0.05) is 19.8 Å². The van der Waals surface area contributed by atoms with E-state index >= 15 is 0 Å². The SMILES string of the molecule is Cc1ccc(Cl)c(C(=O)N(C)C)n1. The lowest BCUT2D eigenvalue weighted by Gasteiger charge is -2.10. The molecule has 0 radical (unpaired) electrons. The number of carbonyl (C=O) groups excluding carboxylic acids is 1. The highest BCUT2D eigenvalue weighted by Crippen LogP contribution is 2.14. The molecule has 0 saturated carbocycles. The molecule has 1 heterocycles. The van der Waals surface area contributed by atoms with Gasteiger partial charge in [0.15, 0.2) is 0 Å². The van der Waals surface area contributed by atoms with Gasteiger partial charge in [-0.2, -0.15) is 0 Å². The monoisotopic (exact) mass is 198 g/mol. The summed E-state index contributed by atoms with van der Waals surface area (Å²) in [6.45, 7) is 1.82. The zero-order chi connectivity index (χ0) is 10.0. The van der Waals surface area contributed by atoms with Gasteiger partial charge in [-0.1, -0.05) is 11.6 Å². The summed E-state index contributed by atoms with van der Waals surface area (Å²) in [4.78, 5) is 17.0. The minimum absolute atomic E-state index is 0.172. The zero-order valence-corrected chi connectivity index (χ0v) is 8.59. The van der Waals surface area contributed by atoms with E-state index in [2.05, 4.69) is 4.98 Å². The van der Waals surface area contributed by atoms with E-state index in [-0.39, 0.29) is 5.91 Å². The maximum atomic E-state index is 11.5. The maximum Gasteiger partial charge on any atom is 0.273 e. The molecule has 1 aromatic rings. The van der Waals surface area contributed by atoms with Crippen LogP contribution in [0.2, 0.25) is 5.02 Å². The normalized spacial score (nSPS) is 9.85. The Kier molecular flexibility index (Phi) is 2.88. The highest BCUT2D eigenvalue weighted by Gasteiger charge is 2.13. The zero-order valence-electron chi connectivity index (χ0n) is 7.84. The summed E-state index contributed by atoms with van der Waals surface area (Å²) in [5.74, 6) is -0.172. The smallest absolute Gasteiger partial charge is 0.273 e. The molecule has 1 aromatic heterocycles. The molecule has 3 nitrogen and oxygen atoms in total. The van der Waals surface area contributed by atoms with Crippen LogP contribution in [0.1, 0.15) is 16.2 Å². The van der Waals surface area contributed by atoms with Crippen LogP contribution in [0.5, 0.6) is 0 Å². The fourth-order valence-corrected chi connectivity index (χ4v) is 1.09. The van der Waals surface area contributed by atoms with E-state index in [9.17, 15) is 4.79 Å². The topological polar surface area (TPSA) is 33.2 Å². The number of hydrogen-bond acceptors (Lipinski definition) is 2. The molecule has 0 aliphatic rings. The standard InChI is InChI=1S/C9H11ClN2O/c1-6-4-5-7(10)8(11-6)9(13)12(2)3/h4-5H,1-3H3. The van der Waals surface area contributed by atoms with Crippen LogP contribution < -0.4 is 0 Å². The summed E-state index contributed by atoms with van der Waals surface area (Å²) >= 11 is 5.83. The minimum Gasteiger partial charge on any atom is -0.343 e. The highest BCUT2D eigenvalue weighted by atomic mass is 35.5. The Hall–Kier alpha value is -1.09. The van der Waals surface area contributed by atoms with Gasteiger partial charge < -0.3 is 4.90 Å². The molecule has 13 heavy (non-hydrogen) atoms. The van der Waals surface area contributed by atoms with Crippen LogP contribution in [0, 0.1) is 6.92 Å². The number of halogens is 1. The molecule has 0 bridgehead atoms. The average Bonchev–Trinajstić information content (AvgIpc) is 2.08. The molecule has 0 spiro atoms. The fraction of sp³-hybridized carbons (Fsp3) is 0.333. The lowest BCUT2D eigenvalue weighted by atomic mass is 10.3. The Balaban J connectivity index is 3.13. The summed E-state index contributed by atoms with van der Waals surface area (Å²) in [5, 5.41) is 0.393. The Labute approximate surface area is 82.3 Å². The molecule has 0 N–H and O–H groups in total. The first kappa shape index (κ1) is 9.99. The third-order valence-corrected chi connectivity index (χ3v) is 1.90. The summed E-state index contributed by atoms with van der Waals surface area (Å²) in [6.07, 6.45) is 0. The first-order valence-corrected chi connectivity index (χ1v) is 4.25. The van der Waals surface area contributed by atoms with Gasteiger partial charge in [0.05, 0.1) is 5.02 Å². The van der Waals surface area contributed by atoms with E-state index in [4.69, 9.17) is 11.6 Å². The number of amides is 1. The van der Waals surface area contributed by atoms with Crippen molar-refractivity contribution in [3.8, 4) is 0 Å². The van der Waals surface area contributed by atoms with Crippen LogP contribution in [0.3, 0.4) is 0 Å². The third kappa shape index (κ3) is 2.18. The summed E-state index contributed by atoms with van der Waals surface area (Å²) in [7, 11) is 3.34. The Bertz CT molecular complexity index is 336. The lowest BCUT2D eigenvalue weighted by molar-refractivity contribution is 0.0822. The van der Waals surface area contributed by atoms with Crippen LogP contribution in [0.25, 0.3) is 0 Å². The largest absolute Gasteiger partial charge is 0.343 e. The van der Waals surface area contributed by atoms with E-state index in [1.165, 1.54) is 4.90 Å². The number of aromatic nitrogens is 1. The maximum absolute atomic E-state index is 11.5. The number of aryl methyl sites for hydroxylation is 1. The van der Waals surface area contributed by atoms with Gasteiger partial charge >= 0.3 is 0 Å². The molecule has 4 heteroatoms. The number of carbonyl (C=O) groups is 1. The Morgan fingerprint density at radius 3 is 2.62 bits per heavy atom. The van der Waals surface area contributed by atoms with Crippen LogP contribution in [-0.4, -0.2) is 29.9 Å². The van der Waals surface area contributed by atoms with Gasteiger partial charge in [-0.15, -0.1) is 0 Å². The molecule has 0 aliphatic carbocycles. The number of rotatable bonds is 1.